The molecule has 26 heavy (non-hydrogen) atoms. The number of furan rings is 1. The van der Waals surface area contributed by atoms with Gasteiger partial charge in [-0.3, -0.25) is 0 Å². The Bertz CT molecular complexity index is 987. The van der Waals surface area contributed by atoms with Crippen molar-refractivity contribution in [3.8, 4) is 17.6 Å². The lowest BCUT2D eigenvalue weighted by molar-refractivity contribution is 0.0598. The molecule has 0 aliphatic rings. The molecule has 2 rings (SSSR count). The molecule has 0 amide bonds. The molecule has 0 radical (unpaired) electrons. The number of nitriles is 1. The van der Waals surface area contributed by atoms with E-state index in [-0.39, 0.29) is 33.4 Å². The van der Waals surface area contributed by atoms with E-state index in [0.717, 1.165) is 7.11 Å². The lowest BCUT2D eigenvalue weighted by Gasteiger charge is -2.10. The zero-order valence-corrected chi connectivity index (χ0v) is 15.3. The Balaban J connectivity index is 2.48. The fraction of sp³-hybridized carbons (Fsp3) is 0.250. The van der Waals surface area contributed by atoms with Crippen LogP contribution in [0, 0.1) is 18.3 Å². The Hall–Kier alpha value is -3.19. The Morgan fingerprint density at radius 1 is 1.19 bits per heavy atom. The second-order valence-corrected chi connectivity index (χ2v) is 6.65. The van der Waals surface area contributed by atoms with Crippen molar-refractivity contribution in [3.05, 3.63) is 35.1 Å². The first kappa shape index (κ1) is 19.1. The van der Waals surface area contributed by atoms with Crippen LogP contribution in [0.5, 0.6) is 11.5 Å². The Kier molecular flexibility index (Phi) is 5.42. The first-order chi connectivity index (χ1) is 12.3. The molecule has 2 aromatic rings. The number of methoxy groups -OCH3 is 3. The predicted molar refractivity (Wildman–Crippen MR) is 89.9 cm³/mol. The summed E-state index contributed by atoms with van der Waals surface area (Å²) in [5.74, 6) is -0.564. The largest absolute Gasteiger partial charge is 0.493 e. The maximum absolute atomic E-state index is 12.6. The Morgan fingerprint density at radius 2 is 1.85 bits per heavy atom. The highest BCUT2D eigenvalue weighted by atomic mass is 32.2. The van der Waals surface area contributed by atoms with E-state index < -0.39 is 16.0 Å². The second-order valence-electron chi connectivity index (χ2n) is 4.96. The summed E-state index contributed by atoms with van der Waals surface area (Å²) in [5.41, 5.74) is -0.404. The van der Waals surface area contributed by atoms with Gasteiger partial charge < -0.3 is 18.6 Å². The molecule has 0 atom stereocenters. The molecule has 1 aromatic carbocycles. The maximum Gasteiger partial charge on any atom is 0.342 e. The van der Waals surface area contributed by atoms with Gasteiger partial charge in [0.25, 0.3) is 10.0 Å². The molecule has 138 valence electrons. The molecule has 0 saturated heterocycles. The minimum atomic E-state index is -4.12. The summed E-state index contributed by atoms with van der Waals surface area (Å²) < 4.78 is 47.4. The van der Waals surface area contributed by atoms with Crippen molar-refractivity contribution in [1.29, 1.82) is 5.26 Å². The zero-order valence-electron chi connectivity index (χ0n) is 14.4. The van der Waals surface area contributed by atoms with E-state index in [1.165, 1.54) is 39.3 Å². The van der Waals surface area contributed by atoms with Crippen LogP contribution in [0.3, 0.4) is 0 Å². The molecular formula is C16H16N2O7S. The third-order valence-corrected chi connectivity index (χ3v) is 4.81. The van der Waals surface area contributed by atoms with Crippen LogP contribution in [-0.4, -0.2) is 35.7 Å². The summed E-state index contributed by atoms with van der Waals surface area (Å²) in [6.07, 6.45) is 0. The van der Waals surface area contributed by atoms with E-state index >= 15 is 0 Å². The van der Waals surface area contributed by atoms with Crippen molar-refractivity contribution in [1.82, 2.24) is 0 Å². The minimum absolute atomic E-state index is 0.0541. The number of nitrogens with one attached hydrogen (secondary N) is 1. The van der Waals surface area contributed by atoms with Crippen molar-refractivity contribution in [2.24, 2.45) is 0 Å². The standard InChI is InChI=1S/C16H16N2O7S/c1-9-14(16(19)24-4)11(8-17)15(25-9)18-26(20,21)10-5-6-12(22-2)13(7-10)23-3/h5-7,18H,1-4H3. The first-order valence-corrected chi connectivity index (χ1v) is 8.64. The molecule has 0 spiro atoms. The Morgan fingerprint density at radius 3 is 2.38 bits per heavy atom. The SMILES string of the molecule is COC(=O)c1c(C)oc(NS(=O)(=O)c2ccc(OC)c(OC)c2)c1C#N. The van der Waals surface area contributed by atoms with Gasteiger partial charge in [0.15, 0.2) is 11.5 Å². The van der Waals surface area contributed by atoms with Crippen LogP contribution in [0.25, 0.3) is 0 Å². The number of carbonyl (C=O) groups is 1. The lowest BCUT2D eigenvalue weighted by Crippen LogP contribution is -2.14. The lowest BCUT2D eigenvalue weighted by atomic mass is 10.1. The van der Waals surface area contributed by atoms with Crippen molar-refractivity contribution >= 4 is 21.9 Å². The molecule has 9 nitrogen and oxygen atoms in total. The summed E-state index contributed by atoms with van der Waals surface area (Å²) in [5, 5.41) is 9.29. The molecule has 1 N–H and O–H groups in total. The number of rotatable bonds is 6. The highest BCUT2D eigenvalue weighted by Crippen LogP contribution is 2.32. The monoisotopic (exact) mass is 380 g/mol. The van der Waals surface area contributed by atoms with Crippen LogP contribution < -0.4 is 14.2 Å². The molecule has 10 heteroatoms. The van der Waals surface area contributed by atoms with E-state index in [4.69, 9.17) is 13.9 Å². The number of hydrogen-bond donors (Lipinski definition) is 1. The van der Waals surface area contributed by atoms with Crippen LogP contribution in [-0.2, 0) is 14.8 Å². The quantitative estimate of drug-likeness (QED) is 0.754. The van der Waals surface area contributed by atoms with Gasteiger partial charge in [-0.25, -0.2) is 17.9 Å². The number of benzene rings is 1. The molecular weight excluding hydrogens is 364 g/mol. The summed E-state index contributed by atoms with van der Waals surface area (Å²) in [6, 6.07) is 5.72. The van der Waals surface area contributed by atoms with E-state index in [0.29, 0.717) is 5.75 Å². The maximum atomic E-state index is 12.6. The van der Waals surface area contributed by atoms with Crippen molar-refractivity contribution in [2.45, 2.75) is 11.8 Å². The van der Waals surface area contributed by atoms with E-state index in [1.54, 1.807) is 6.07 Å². The first-order valence-electron chi connectivity index (χ1n) is 7.15. The van der Waals surface area contributed by atoms with Gasteiger partial charge in [-0.2, -0.15) is 5.26 Å². The number of ether oxygens (including phenoxy) is 3. The average molecular weight is 380 g/mol. The molecule has 1 heterocycles. The number of nitrogens with zero attached hydrogens (tertiary/aromatic N) is 1. The van der Waals surface area contributed by atoms with Gasteiger partial charge in [-0.15, -0.1) is 0 Å². The number of aryl methyl sites for hydroxylation is 1. The molecule has 0 saturated carbocycles. The molecule has 0 fully saturated rings. The molecule has 0 aliphatic heterocycles. The summed E-state index contributed by atoms with van der Waals surface area (Å²) >= 11 is 0. The van der Waals surface area contributed by atoms with Crippen LogP contribution in [0.2, 0.25) is 0 Å². The molecule has 0 aliphatic carbocycles. The van der Waals surface area contributed by atoms with Crippen LogP contribution in [0.4, 0.5) is 5.88 Å². The van der Waals surface area contributed by atoms with Gasteiger partial charge in [0.05, 0.1) is 26.2 Å². The smallest absolute Gasteiger partial charge is 0.342 e. The van der Waals surface area contributed by atoms with Crippen molar-refractivity contribution in [3.63, 3.8) is 0 Å². The zero-order chi connectivity index (χ0) is 19.5. The van der Waals surface area contributed by atoms with Gasteiger partial charge in [0, 0.05) is 6.07 Å². The average Bonchev–Trinajstić information content (AvgIpc) is 2.94. The molecule has 0 unspecified atom stereocenters. The highest BCUT2D eigenvalue weighted by Gasteiger charge is 2.28. The number of anilines is 1. The number of carbonyl (C=O) groups excluding carboxylic acids is 1. The fourth-order valence-corrected chi connectivity index (χ4v) is 3.25. The van der Waals surface area contributed by atoms with Crippen LogP contribution in [0.1, 0.15) is 21.7 Å². The van der Waals surface area contributed by atoms with Crippen molar-refractivity contribution < 1.29 is 31.8 Å². The van der Waals surface area contributed by atoms with Gasteiger partial charge in [-0.05, 0) is 19.1 Å². The van der Waals surface area contributed by atoms with E-state index in [9.17, 15) is 18.5 Å². The third-order valence-electron chi connectivity index (χ3n) is 3.48. The second kappa shape index (κ2) is 7.37. The molecule has 1 aromatic heterocycles. The number of hydrogen-bond acceptors (Lipinski definition) is 8. The summed E-state index contributed by atoms with van der Waals surface area (Å²) in [6.45, 7) is 1.42. The predicted octanol–water partition coefficient (Wildman–Crippen LogP) is 2.06. The fourth-order valence-electron chi connectivity index (χ4n) is 2.24. The Labute approximate surface area is 150 Å². The summed E-state index contributed by atoms with van der Waals surface area (Å²) in [4.78, 5) is 11.6. The number of sulfonamides is 1. The molecule has 0 bridgehead atoms. The normalized spacial score (nSPS) is 10.7. The van der Waals surface area contributed by atoms with Gasteiger partial charge >= 0.3 is 5.97 Å². The van der Waals surface area contributed by atoms with Gasteiger partial charge in [-0.1, -0.05) is 0 Å². The summed E-state index contributed by atoms with van der Waals surface area (Å²) in [7, 11) is -0.190. The minimum Gasteiger partial charge on any atom is -0.493 e. The van der Waals surface area contributed by atoms with Gasteiger partial charge in [0.2, 0.25) is 5.88 Å². The third kappa shape index (κ3) is 3.43. The van der Waals surface area contributed by atoms with Crippen molar-refractivity contribution in [2.75, 3.05) is 26.1 Å². The number of esters is 1. The van der Waals surface area contributed by atoms with Crippen LogP contribution in [0.15, 0.2) is 27.5 Å². The van der Waals surface area contributed by atoms with Crippen LogP contribution >= 0.6 is 0 Å². The van der Waals surface area contributed by atoms with Gasteiger partial charge in [0.1, 0.15) is 23.0 Å². The topological polar surface area (TPSA) is 128 Å². The highest BCUT2D eigenvalue weighted by molar-refractivity contribution is 7.92. The van der Waals surface area contributed by atoms with E-state index in [2.05, 4.69) is 9.46 Å². The van der Waals surface area contributed by atoms with E-state index in [1.807, 2.05) is 0 Å².